The number of rotatable bonds is 7. The average molecular weight is 281 g/mol. The lowest BCUT2D eigenvalue weighted by Crippen LogP contribution is -2.41. The highest BCUT2D eigenvalue weighted by Gasteiger charge is 2.19. The number of benzene rings is 1. The summed E-state index contributed by atoms with van der Waals surface area (Å²) in [6, 6.07) is 6.83. The number of carboxylic acids is 1. The van der Waals surface area contributed by atoms with E-state index in [1.54, 1.807) is 11.8 Å². The molecule has 0 aliphatic rings. The van der Waals surface area contributed by atoms with Gasteiger partial charge in [-0.25, -0.2) is 4.79 Å². The molecule has 0 aliphatic heterocycles. The zero-order chi connectivity index (χ0) is 14.3. The van der Waals surface area contributed by atoms with Crippen LogP contribution in [-0.4, -0.2) is 35.0 Å². The van der Waals surface area contributed by atoms with E-state index in [-0.39, 0.29) is 12.3 Å². The molecule has 0 aromatic heterocycles. The van der Waals surface area contributed by atoms with Crippen molar-refractivity contribution in [3.05, 3.63) is 35.4 Å². The maximum atomic E-state index is 11.8. The topological polar surface area (TPSA) is 66.4 Å². The SMILES string of the molecule is CSCC[C@@H](NC(=O)Cc1ccc(C)cc1)C(=O)O. The summed E-state index contributed by atoms with van der Waals surface area (Å²) in [7, 11) is 0. The molecule has 4 nitrogen and oxygen atoms in total. The molecule has 0 fully saturated rings. The molecule has 5 heteroatoms. The smallest absolute Gasteiger partial charge is 0.326 e. The van der Waals surface area contributed by atoms with Crippen LogP contribution in [0.2, 0.25) is 0 Å². The summed E-state index contributed by atoms with van der Waals surface area (Å²) in [6.07, 6.45) is 2.56. The van der Waals surface area contributed by atoms with Crippen LogP contribution in [0.4, 0.5) is 0 Å². The number of aryl methyl sites for hydroxylation is 1. The van der Waals surface area contributed by atoms with Gasteiger partial charge in [-0.3, -0.25) is 4.79 Å². The second kappa shape index (κ2) is 7.84. The summed E-state index contributed by atoms with van der Waals surface area (Å²) in [4.78, 5) is 22.8. The Morgan fingerprint density at radius 3 is 2.47 bits per heavy atom. The number of amides is 1. The van der Waals surface area contributed by atoms with Crippen molar-refractivity contribution >= 4 is 23.6 Å². The number of carbonyl (C=O) groups is 2. The van der Waals surface area contributed by atoms with Gasteiger partial charge in [0.05, 0.1) is 6.42 Å². The van der Waals surface area contributed by atoms with E-state index in [0.29, 0.717) is 12.2 Å². The second-order valence-electron chi connectivity index (χ2n) is 4.40. The second-order valence-corrected chi connectivity index (χ2v) is 5.39. The van der Waals surface area contributed by atoms with Crippen molar-refractivity contribution in [1.29, 1.82) is 0 Å². The molecule has 1 aromatic rings. The molecule has 19 heavy (non-hydrogen) atoms. The monoisotopic (exact) mass is 281 g/mol. The Bertz CT molecular complexity index is 431. The van der Waals surface area contributed by atoms with Gasteiger partial charge in [-0.05, 0) is 30.9 Å². The number of carboxylic acid groups (broad SMARTS) is 1. The molecule has 1 aromatic carbocycles. The normalized spacial score (nSPS) is 11.9. The Morgan fingerprint density at radius 2 is 1.95 bits per heavy atom. The number of nitrogens with one attached hydrogen (secondary N) is 1. The molecule has 1 rings (SSSR count). The summed E-state index contributed by atoms with van der Waals surface area (Å²) in [5.41, 5.74) is 2.02. The van der Waals surface area contributed by atoms with Gasteiger partial charge >= 0.3 is 5.97 Å². The highest BCUT2D eigenvalue weighted by molar-refractivity contribution is 7.98. The zero-order valence-electron chi connectivity index (χ0n) is 11.2. The lowest BCUT2D eigenvalue weighted by atomic mass is 10.1. The molecule has 0 spiro atoms. The van der Waals surface area contributed by atoms with Crippen LogP contribution >= 0.6 is 11.8 Å². The third-order valence-electron chi connectivity index (χ3n) is 2.73. The van der Waals surface area contributed by atoms with Crippen LogP contribution in [0.1, 0.15) is 17.5 Å². The van der Waals surface area contributed by atoms with Crippen molar-refractivity contribution in [3.8, 4) is 0 Å². The molecule has 104 valence electrons. The maximum Gasteiger partial charge on any atom is 0.326 e. The van der Waals surface area contributed by atoms with Crippen LogP contribution in [-0.2, 0) is 16.0 Å². The highest BCUT2D eigenvalue weighted by atomic mass is 32.2. The maximum absolute atomic E-state index is 11.8. The number of aliphatic carboxylic acids is 1. The van der Waals surface area contributed by atoms with Gasteiger partial charge in [-0.1, -0.05) is 29.8 Å². The molecular weight excluding hydrogens is 262 g/mol. The number of hydrogen-bond acceptors (Lipinski definition) is 3. The Hall–Kier alpha value is -1.49. The quantitative estimate of drug-likeness (QED) is 0.800. The standard InChI is InChI=1S/C14H19NO3S/c1-10-3-5-11(6-4-10)9-13(16)15-12(14(17)18)7-8-19-2/h3-6,12H,7-9H2,1-2H3,(H,15,16)(H,17,18)/t12-/m1/s1. The van der Waals surface area contributed by atoms with E-state index in [2.05, 4.69) is 5.32 Å². The average Bonchev–Trinajstić information content (AvgIpc) is 2.37. The summed E-state index contributed by atoms with van der Waals surface area (Å²) in [5.74, 6) is -0.523. The van der Waals surface area contributed by atoms with Gasteiger partial charge in [0, 0.05) is 0 Å². The van der Waals surface area contributed by atoms with Crippen LogP contribution in [0.3, 0.4) is 0 Å². The predicted molar refractivity (Wildman–Crippen MR) is 77.4 cm³/mol. The van der Waals surface area contributed by atoms with E-state index < -0.39 is 12.0 Å². The van der Waals surface area contributed by atoms with Crippen molar-refractivity contribution in [3.63, 3.8) is 0 Å². The largest absolute Gasteiger partial charge is 0.480 e. The molecule has 0 saturated carbocycles. The predicted octanol–water partition coefficient (Wildman–Crippen LogP) is 1.86. The van der Waals surface area contributed by atoms with Crippen LogP contribution in [0.5, 0.6) is 0 Å². The van der Waals surface area contributed by atoms with E-state index in [9.17, 15) is 9.59 Å². The van der Waals surface area contributed by atoms with E-state index in [4.69, 9.17) is 5.11 Å². The van der Waals surface area contributed by atoms with Crippen LogP contribution in [0.25, 0.3) is 0 Å². The molecule has 0 heterocycles. The first-order chi connectivity index (χ1) is 9.02. The van der Waals surface area contributed by atoms with Crippen LogP contribution in [0.15, 0.2) is 24.3 Å². The summed E-state index contributed by atoms with van der Waals surface area (Å²) in [5, 5.41) is 11.6. The zero-order valence-corrected chi connectivity index (χ0v) is 12.0. The fourth-order valence-electron chi connectivity index (χ4n) is 1.63. The highest BCUT2D eigenvalue weighted by Crippen LogP contribution is 2.05. The van der Waals surface area contributed by atoms with Crippen LogP contribution < -0.4 is 5.32 Å². The molecule has 2 N–H and O–H groups in total. The number of thioether (sulfide) groups is 1. The Labute approximate surface area is 117 Å². The third kappa shape index (κ3) is 5.79. The van der Waals surface area contributed by atoms with E-state index in [1.165, 1.54) is 0 Å². The van der Waals surface area contributed by atoms with Crippen molar-refractivity contribution < 1.29 is 14.7 Å². The fraction of sp³-hybridized carbons (Fsp3) is 0.429. The Morgan fingerprint density at radius 1 is 1.32 bits per heavy atom. The Kier molecular flexibility index (Phi) is 6.42. The fourth-order valence-corrected chi connectivity index (χ4v) is 2.10. The molecule has 0 saturated heterocycles. The summed E-state index contributed by atoms with van der Waals surface area (Å²) >= 11 is 1.57. The van der Waals surface area contributed by atoms with Crippen molar-refractivity contribution in [2.45, 2.75) is 25.8 Å². The number of carbonyl (C=O) groups excluding carboxylic acids is 1. The first kappa shape index (κ1) is 15.6. The molecule has 1 atom stereocenters. The number of hydrogen-bond donors (Lipinski definition) is 2. The molecule has 0 radical (unpaired) electrons. The van der Waals surface area contributed by atoms with Crippen molar-refractivity contribution in [2.75, 3.05) is 12.0 Å². The third-order valence-corrected chi connectivity index (χ3v) is 3.37. The molecule has 0 bridgehead atoms. The Balaban J connectivity index is 2.52. The van der Waals surface area contributed by atoms with Gasteiger partial charge in [0.15, 0.2) is 0 Å². The first-order valence-electron chi connectivity index (χ1n) is 6.09. The minimum atomic E-state index is -0.980. The van der Waals surface area contributed by atoms with Crippen LogP contribution in [0, 0.1) is 6.92 Å². The lowest BCUT2D eigenvalue weighted by molar-refractivity contribution is -0.141. The van der Waals surface area contributed by atoms with Gasteiger partial charge in [0.2, 0.25) is 5.91 Å². The lowest BCUT2D eigenvalue weighted by Gasteiger charge is -2.14. The molecular formula is C14H19NO3S. The minimum absolute atomic E-state index is 0.212. The first-order valence-corrected chi connectivity index (χ1v) is 7.49. The summed E-state index contributed by atoms with van der Waals surface area (Å²) < 4.78 is 0. The van der Waals surface area contributed by atoms with E-state index in [0.717, 1.165) is 11.1 Å². The van der Waals surface area contributed by atoms with Crippen molar-refractivity contribution in [1.82, 2.24) is 5.32 Å². The van der Waals surface area contributed by atoms with Crippen molar-refractivity contribution in [2.24, 2.45) is 0 Å². The summed E-state index contributed by atoms with van der Waals surface area (Å²) in [6.45, 7) is 1.98. The molecule has 1 amide bonds. The van der Waals surface area contributed by atoms with Gasteiger partial charge < -0.3 is 10.4 Å². The van der Waals surface area contributed by atoms with E-state index in [1.807, 2.05) is 37.4 Å². The molecule has 0 aliphatic carbocycles. The van der Waals surface area contributed by atoms with Gasteiger partial charge in [-0.2, -0.15) is 11.8 Å². The minimum Gasteiger partial charge on any atom is -0.480 e. The van der Waals surface area contributed by atoms with E-state index >= 15 is 0 Å². The molecule has 0 unspecified atom stereocenters. The van der Waals surface area contributed by atoms with Gasteiger partial charge in [0.1, 0.15) is 6.04 Å². The van der Waals surface area contributed by atoms with Gasteiger partial charge in [-0.15, -0.1) is 0 Å². The van der Waals surface area contributed by atoms with Gasteiger partial charge in [0.25, 0.3) is 0 Å².